The van der Waals surface area contributed by atoms with E-state index in [0.29, 0.717) is 0 Å². The molecule has 2 aromatic carbocycles. The number of thioether (sulfide) groups is 1. The molecule has 0 heterocycles. The third kappa shape index (κ3) is 3.11. The van der Waals surface area contributed by atoms with Gasteiger partial charge >= 0.3 is 0 Å². The first-order valence-electron chi connectivity index (χ1n) is 6.24. The summed E-state index contributed by atoms with van der Waals surface area (Å²) in [5.41, 5.74) is 2.40. The molecule has 0 aliphatic heterocycles. The molecule has 2 rings (SSSR count). The summed E-state index contributed by atoms with van der Waals surface area (Å²) in [4.78, 5) is 1.28. The van der Waals surface area contributed by atoms with Crippen LogP contribution in [0.4, 0.5) is 0 Å². The second-order valence-corrected chi connectivity index (χ2v) is 5.12. The molecule has 0 aliphatic rings. The zero-order valence-corrected chi connectivity index (χ0v) is 12.3. The van der Waals surface area contributed by atoms with E-state index in [0.717, 1.165) is 11.3 Å². The van der Waals surface area contributed by atoms with Crippen LogP contribution in [0.15, 0.2) is 53.4 Å². The predicted molar refractivity (Wildman–Crippen MR) is 82.1 cm³/mol. The number of methoxy groups -OCH3 is 1. The van der Waals surface area contributed by atoms with E-state index in [-0.39, 0.29) is 6.04 Å². The molecule has 3 heteroatoms. The fraction of sp³-hybridized carbons (Fsp3) is 0.250. The summed E-state index contributed by atoms with van der Waals surface area (Å²) in [5, 5.41) is 3.36. The third-order valence-electron chi connectivity index (χ3n) is 3.19. The maximum atomic E-state index is 5.45. The van der Waals surface area contributed by atoms with Crippen molar-refractivity contribution in [1.82, 2.24) is 5.32 Å². The zero-order chi connectivity index (χ0) is 13.7. The normalized spacial score (nSPS) is 12.2. The highest BCUT2D eigenvalue weighted by molar-refractivity contribution is 7.98. The summed E-state index contributed by atoms with van der Waals surface area (Å²) in [6.07, 6.45) is 2.09. The van der Waals surface area contributed by atoms with Crippen molar-refractivity contribution in [3.8, 4) is 5.75 Å². The first-order valence-corrected chi connectivity index (χ1v) is 7.46. The van der Waals surface area contributed by atoms with Crippen LogP contribution < -0.4 is 10.1 Å². The van der Waals surface area contributed by atoms with E-state index in [4.69, 9.17) is 4.74 Å². The molecule has 19 heavy (non-hydrogen) atoms. The lowest BCUT2D eigenvalue weighted by Gasteiger charge is -2.20. The van der Waals surface area contributed by atoms with Gasteiger partial charge < -0.3 is 10.1 Å². The quantitative estimate of drug-likeness (QED) is 0.839. The molecule has 1 unspecified atom stereocenters. The highest BCUT2D eigenvalue weighted by Crippen LogP contribution is 2.30. The number of ether oxygens (including phenoxy) is 1. The van der Waals surface area contributed by atoms with Crippen molar-refractivity contribution in [3.05, 3.63) is 59.7 Å². The lowest BCUT2D eigenvalue weighted by Crippen LogP contribution is -2.18. The molecule has 0 spiro atoms. The van der Waals surface area contributed by atoms with Crippen molar-refractivity contribution < 1.29 is 4.74 Å². The van der Waals surface area contributed by atoms with Crippen LogP contribution in [0.2, 0.25) is 0 Å². The van der Waals surface area contributed by atoms with Crippen LogP contribution in [0.25, 0.3) is 0 Å². The Morgan fingerprint density at radius 3 is 2.32 bits per heavy atom. The lowest BCUT2D eigenvalue weighted by molar-refractivity contribution is 0.405. The highest BCUT2D eigenvalue weighted by atomic mass is 32.2. The van der Waals surface area contributed by atoms with Gasteiger partial charge in [-0.25, -0.2) is 0 Å². The van der Waals surface area contributed by atoms with Crippen LogP contribution in [-0.2, 0) is 0 Å². The first-order chi connectivity index (χ1) is 9.30. The average molecular weight is 273 g/mol. The third-order valence-corrected chi connectivity index (χ3v) is 3.93. The number of hydrogen-bond acceptors (Lipinski definition) is 3. The molecule has 0 bridgehead atoms. The van der Waals surface area contributed by atoms with Gasteiger partial charge in [-0.1, -0.05) is 30.3 Å². The van der Waals surface area contributed by atoms with Crippen LogP contribution in [0.5, 0.6) is 5.75 Å². The van der Waals surface area contributed by atoms with Crippen LogP contribution in [0.3, 0.4) is 0 Å². The van der Waals surface area contributed by atoms with Gasteiger partial charge in [-0.15, -0.1) is 11.8 Å². The topological polar surface area (TPSA) is 21.3 Å². The molecule has 1 N–H and O–H groups in total. The molecule has 0 fully saturated rings. The van der Waals surface area contributed by atoms with E-state index in [1.807, 2.05) is 25.2 Å². The van der Waals surface area contributed by atoms with Crippen molar-refractivity contribution in [2.45, 2.75) is 10.9 Å². The van der Waals surface area contributed by atoms with Crippen molar-refractivity contribution in [2.75, 3.05) is 20.4 Å². The van der Waals surface area contributed by atoms with Crippen LogP contribution in [-0.4, -0.2) is 20.4 Å². The zero-order valence-electron chi connectivity index (χ0n) is 11.5. The Hall–Kier alpha value is -1.45. The second kappa shape index (κ2) is 6.64. The van der Waals surface area contributed by atoms with Gasteiger partial charge in [0, 0.05) is 10.5 Å². The summed E-state index contributed by atoms with van der Waals surface area (Å²) in [5.74, 6) is 0.913. The smallest absolute Gasteiger partial charge is 0.123 e. The van der Waals surface area contributed by atoms with Gasteiger partial charge in [0.15, 0.2) is 0 Å². The summed E-state index contributed by atoms with van der Waals surface area (Å²) in [7, 11) is 3.68. The first kappa shape index (κ1) is 14.0. The molecular weight excluding hydrogens is 254 g/mol. The summed E-state index contributed by atoms with van der Waals surface area (Å²) in [6, 6.07) is 16.9. The number of hydrogen-bond donors (Lipinski definition) is 1. The van der Waals surface area contributed by atoms with E-state index in [9.17, 15) is 0 Å². The van der Waals surface area contributed by atoms with Crippen LogP contribution in [0.1, 0.15) is 17.2 Å². The SMILES string of the molecule is CNC(c1ccc(SC)cc1)c1ccccc1OC. The maximum absolute atomic E-state index is 5.45. The average Bonchev–Trinajstić information content (AvgIpc) is 2.49. The van der Waals surface area contributed by atoms with E-state index in [1.165, 1.54) is 10.5 Å². The molecule has 0 aliphatic carbocycles. The Labute approximate surface area is 119 Å². The highest BCUT2D eigenvalue weighted by Gasteiger charge is 2.15. The number of rotatable bonds is 5. The number of benzene rings is 2. The van der Waals surface area contributed by atoms with E-state index in [2.05, 4.69) is 41.9 Å². The van der Waals surface area contributed by atoms with Gasteiger partial charge in [0.25, 0.3) is 0 Å². The number of para-hydroxylation sites is 1. The molecule has 2 aromatic rings. The minimum Gasteiger partial charge on any atom is -0.496 e. The summed E-state index contributed by atoms with van der Waals surface area (Å²) in [6.45, 7) is 0. The minimum absolute atomic E-state index is 0.145. The molecule has 100 valence electrons. The molecule has 2 nitrogen and oxygen atoms in total. The minimum atomic E-state index is 0.145. The van der Waals surface area contributed by atoms with Crippen molar-refractivity contribution >= 4 is 11.8 Å². The number of nitrogens with one attached hydrogen (secondary N) is 1. The Kier molecular flexibility index (Phi) is 4.88. The van der Waals surface area contributed by atoms with Gasteiger partial charge in [-0.2, -0.15) is 0 Å². The standard InChI is InChI=1S/C16H19NOS/c1-17-16(12-8-10-13(19-3)11-9-12)14-6-4-5-7-15(14)18-2/h4-11,16-17H,1-3H3. The molecule has 1 atom stereocenters. The van der Waals surface area contributed by atoms with E-state index < -0.39 is 0 Å². The maximum Gasteiger partial charge on any atom is 0.123 e. The molecular formula is C16H19NOS. The van der Waals surface area contributed by atoms with Crippen molar-refractivity contribution in [1.29, 1.82) is 0 Å². The molecule has 0 amide bonds. The largest absolute Gasteiger partial charge is 0.496 e. The Morgan fingerprint density at radius 2 is 1.74 bits per heavy atom. The Morgan fingerprint density at radius 1 is 1.05 bits per heavy atom. The lowest BCUT2D eigenvalue weighted by atomic mass is 9.98. The van der Waals surface area contributed by atoms with E-state index in [1.54, 1.807) is 18.9 Å². The Balaban J connectivity index is 2.37. The predicted octanol–water partition coefficient (Wildman–Crippen LogP) is 3.73. The van der Waals surface area contributed by atoms with Gasteiger partial charge in [-0.3, -0.25) is 0 Å². The molecule has 0 aromatic heterocycles. The van der Waals surface area contributed by atoms with Gasteiger partial charge in [0.1, 0.15) is 5.75 Å². The van der Waals surface area contributed by atoms with Crippen LogP contribution >= 0.6 is 11.8 Å². The summed E-state index contributed by atoms with van der Waals surface area (Å²) < 4.78 is 5.45. The molecule has 0 saturated carbocycles. The fourth-order valence-corrected chi connectivity index (χ4v) is 2.61. The van der Waals surface area contributed by atoms with E-state index >= 15 is 0 Å². The second-order valence-electron chi connectivity index (χ2n) is 4.24. The summed E-state index contributed by atoms with van der Waals surface area (Å²) >= 11 is 1.76. The molecule has 0 saturated heterocycles. The Bertz CT molecular complexity index is 525. The van der Waals surface area contributed by atoms with Gasteiger partial charge in [-0.05, 0) is 37.1 Å². The fourth-order valence-electron chi connectivity index (χ4n) is 2.20. The van der Waals surface area contributed by atoms with Gasteiger partial charge in [0.05, 0.1) is 13.2 Å². The van der Waals surface area contributed by atoms with Gasteiger partial charge in [0.2, 0.25) is 0 Å². The van der Waals surface area contributed by atoms with Crippen molar-refractivity contribution in [3.63, 3.8) is 0 Å². The molecule has 0 radical (unpaired) electrons. The van der Waals surface area contributed by atoms with Crippen LogP contribution in [0, 0.1) is 0 Å². The van der Waals surface area contributed by atoms with Crippen molar-refractivity contribution in [2.24, 2.45) is 0 Å². The monoisotopic (exact) mass is 273 g/mol.